The molecule has 5 aromatic heterocycles. The van der Waals surface area contributed by atoms with Gasteiger partial charge in [-0.3, -0.25) is 34.1 Å². The molecule has 4 aliphatic heterocycles. The maximum Gasteiger partial charge on any atom is 0.261 e. The van der Waals surface area contributed by atoms with E-state index in [0.717, 1.165) is 31.5 Å². The lowest BCUT2D eigenvalue weighted by Crippen LogP contribution is -2.41. The highest BCUT2D eigenvalue weighted by Crippen LogP contribution is 2.36. The molecule has 0 bridgehead atoms. The van der Waals surface area contributed by atoms with Crippen molar-refractivity contribution in [3.63, 3.8) is 0 Å². The van der Waals surface area contributed by atoms with Crippen molar-refractivity contribution in [2.45, 2.75) is 4.90 Å². The Balaban J connectivity index is 0.000000127. The number of furan rings is 1. The van der Waals surface area contributed by atoms with Crippen molar-refractivity contribution in [2.24, 2.45) is 0 Å². The van der Waals surface area contributed by atoms with Crippen LogP contribution in [-0.4, -0.2) is 156 Å². The molecule has 0 aliphatic carbocycles. The Kier molecular flexibility index (Phi) is 23.3. The van der Waals surface area contributed by atoms with Crippen molar-refractivity contribution in [3.8, 4) is 11.3 Å². The third-order valence-corrected chi connectivity index (χ3v) is 26.4. The van der Waals surface area contributed by atoms with Gasteiger partial charge in [-0.15, -0.1) is 0 Å². The molecule has 586 valence electrons. The Bertz CT molecular complexity index is 6200. The van der Waals surface area contributed by atoms with E-state index >= 15 is 0 Å². The van der Waals surface area contributed by atoms with Crippen LogP contribution in [0.25, 0.3) is 55.1 Å². The van der Waals surface area contributed by atoms with E-state index in [2.05, 4.69) is 40.6 Å². The predicted octanol–water partition coefficient (Wildman–Crippen LogP) is 11.5. The van der Waals surface area contributed by atoms with Crippen molar-refractivity contribution in [3.05, 3.63) is 259 Å². The number of carbonyl (C=O) groups is 3. The van der Waals surface area contributed by atoms with Gasteiger partial charge in [-0.1, -0.05) is 17.7 Å². The van der Waals surface area contributed by atoms with Gasteiger partial charge in [-0.05, 0) is 188 Å². The molecule has 17 rings (SSSR count). The predicted molar refractivity (Wildman–Crippen MR) is 431 cm³/mol. The summed E-state index contributed by atoms with van der Waals surface area (Å²) in [7, 11) is -17.6. The number of hydrogen-bond acceptors (Lipinski definition) is 23. The van der Waals surface area contributed by atoms with Crippen LogP contribution in [0.4, 0.5) is 45.5 Å². The van der Waals surface area contributed by atoms with Gasteiger partial charge in [0.25, 0.3) is 27.7 Å². The number of carbonyl (C=O) groups excluding carboxylic acids is 3. The zero-order valence-electron chi connectivity index (χ0n) is 59.8. The Morgan fingerprint density at radius 2 is 0.833 bits per heavy atom. The molecule has 0 spiro atoms. The Hall–Kier alpha value is -12.0. The SMILES string of the molecule is O=C(Nc1ccc2ccoc2c1)c1ccc(N2COCCS2(=O)=O)cc1.O=C(Nc1ccc2ncccc2c1)c1ccc(N2COCCS2(=O)=O)cc1.O=C(Nc1ccc2ncoc2c1)c1ccc(N2COCCS2(=O)=O)cc1.O=S(=O)(Nc1ccc(Cl)c(-c2nccc3ncccc23)c1)c1ccc(N2COCCS2(=O)=O)cc1. The smallest absolute Gasteiger partial charge is 0.261 e. The third kappa shape index (κ3) is 18.4. The average Bonchev–Trinajstić information content (AvgIpc) is 0.855. The van der Waals surface area contributed by atoms with Crippen LogP contribution in [0.1, 0.15) is 31.1 Å². The highest BCUT2D eigenvalue weighted by Gasteiger charge is 2.31. The van der Waals surface area contributed by atoms with E-state index in [1.54, 1.807) is 164 Å². The number of oxazole rings is 1. The maximum atomic E-state index is 13.0. The quantitative estimate of drug-likeness (QED) is 0.0785. The van der Waals surface area contributed by atoms with E-state index in [-0.39, 0.29) is 99.0 Å². The van der Waals surface area contributed by atoms with Crippen molar-refractivity contribution < 1.29 is 84.3 Å². The van der Waals surface area contributed by atoms with Gasteiger partial charge >= 0.3 is 0 Å². The molecule has 4 saturated heterocycles. The fourth-order valence-electron chi connectivity index (χ4n) is 12.0. The summed E-state index contributed by atoms with van der Waals surface area (Å²) in [5, 5.41) is 11.5. The summed E-state index contributed by atoms with van der Waals surface area (Å²) in [5.41, 5.74) is 9.84. The number of hydrogen-bond donors (Lipinski definition) is 4. The zero-order valence-corrected chi connectivity index (χ0v) is 64.6. The first-order chi connectivity index (χ1) is 54.8. The molecule has 37 heteroatoms. The summed E-state index contributed by atoms with van der Waals surface area (Å²) < 4.78 is 162. The fraction of sp³-hybridized carbons (Fsp3) is 0.156. The van der Waals surface area contributed by atoms with Crippen molar-refractivity contribution in [1.29, 1.82) is 0 Å². The van der Waals surface area contributed by atoms with Crippen LogP contribution in [-0.2, 0) is 69.1 Å². The number of pyridine rings is 3. The molecular formula is C77H67ClN12O19S5. The summed E-state index contributed by atoms with van der Waals surface area (Å²) in [4.78, 5) is 54.3. The summed E-state index contributed by atoms with van der Waals surface area (Å²) >= 11 is 6.43. The van der Waals surface area contributed by atoms with Crippen LogP contribution in [0.15, 0.2) is 251 Å². The van der Waals surface area contributed by atoms with Crippen LogP contribution in [0.2, 0.25) is 5.02 Å². The number of anilines is 8. The fourth-order valence-corrected chi connectivity index (χ4v) is 18.2. The van der Waals surface area contributed by atoms with Crippen LogP contribution < -0.4 is 37.9 Å². The monoisotopic (exact) mass is 1660 g/mol. The van der Waals surface area contributed by atoms with E-state index in [1.165, 1.54) is 43.6 Å². The Morgan fingerprint density at radius 3 is 1.33 bits per heavy atom. The first-order valence-electron chi connectivity index (χ1n) is 34.7. The second kappa shape index (κ2) is 33.8. The first-order valence-corrected chi connectivity index (χ1v) is 43.0. The minimum atomic E-state index is -3.97. The average molecular weight is 1660 g/mol. The van der Waals surface area contributed by atoms with Crippen molar-refractivity contribution in [2.75, 3.05) is 114 Å². The van der Waals surface area contributed by atoms with Gasteiger partial charge in [-0.25, -0.2) is 64.3 Å². The van der Waals surface area contributed by atoms with E-state index in [0.29, 0.717) is 95.2 Å². The number of fused-ring (bicyclic) bond motifs is 4. The van der Waals surface area contributed by atoms with Gasteiger partial charge < -0.3 is 43.7 Å². The minimum Gasteiger partial charge on any atom is -0.464 e. The summed E-state index contributed by atoms with van der Waals surface area (Å²) in [6.45, 7) is 0.539. The van der Waals surface area contributed by atoms with E-state index < -0.39 is 50.1 Å². The molecule has 8 aromatic carbocycles. The van der Waals surface area contributed by atoms with Crippen LogP contribution in [0.5, 0.6) is 0 Å². The first kappa shape index (κ1) is 78.7. The molecule has 3 amide bonds. The number of amides is 3. The molecule has 0 radical (unpaired) electrons. The summed E-state index contributed by atoms with van der Waals surface area (Å²) in [5.74, 6) is -1.17. The second-order valence-electron chi connectivity index (χ2n) is 25.5. The minimum absolute atomic E-state index is 0.0149. The molecule has 31 nitrogen and oxygen atoms in total. The summed E-state index contributed by atoms with van der Waals surface area (Å²) in [6, 6.07) is 56.5. The number of nitrogens with one attached hydrogen (secondary N) is 4. The highest BCUT2D eigenvalue weighted by molar-refractivity contribution is 7.94. The number of sulfonamides is 5. The molecule has 4 fully saturated rings. The third-order valence-electron chi connectivity index (χ3n) is 18.0. The highest BCUT2D eigenvalue weighted by atomic mass is 35.5. The van der Waals surface area contributed by atoms with Gasteiger partial charge in [-0.2, -0.15) is 0 Å². The van der Waals surface area contributed by atoms with E-state index in [9.17, 15) is 56.5 Å². The molecule has 4 N–H and O–H groups in total. The van der Waals surface area contributed by atoms with E-state index in [1.807, 2.05) is 42.5 Å². The van der Waals surface area contributed by atoms with Gasteiger partial charge in [0.2, 0.25) is 40.1 Å². The molecular weight excluding hydrogens is 1590 g/mol. The van der Waals surface area contributed by atoms with Crippen LogP contribution >= 0.6 is 11.6 Å². The molecule has 9 heterocycles. The maximum absolute atomic E-state index is 13.0. The van der Waals surface area contributed by atoms with Gasteiger partial charge in [0.05, 0.1) is 105 Å². The number of ether oxygens (including phenoxy) is 4. The molecule has 4 aliphatic rings. The molecule has 13 aromatic rings. The lowest BCUT2D eigenvalue weighted by Gasteiger charge is -2.28. The topological polar surface area (TPSA) is 398 Å². The zero-order chi connectivity index (χ0) is 79.8. The standard InChI is InChI=1S/C23H19ClN4O5S2.C19H17N3O4S.C18H16N2O5S.C17H15N3O5S/c24-21-8-3-16(14-20(21)23-19-2-1-10-25-22(19)9-11-26-23)27-35(31,32)18-6-4-17(5-7-18)28-15-33-12-13-34(28,29)30;23-19(21-16-5-8-18-15(12-16)2-1-9-20-18)14-3-6-17(7-4-14)22-13-26-10-11-27(22,24)25;21-18(19-15-4-1-13-7-8-25-17(13)11-15)14-2-5-16(6-3-14)20-12-24-9-10-26(20,22)23;21-17(19-13-3-6-15-16(9-13)25-10-18-15)12-1-4-14(5-2-12)20-11-24-7-8-26(20,22)23/h1-11,14,27H,12-13,15H2;1-9,12H,10-11,13H2,(H,21,23);1-8,11H,9-10,12H2,(H,19,21);1-6,9-10H,7-8,11H2,(H,19,21). The number of halogens is 1. The second-order valence-corrected chi connectivity index (χ2v) is 35.6. The molecule has 0 atom stereocenters. The Morgan fingerprint density at radius 1 is 0.395 bits per heavy atom. The summed E-state index contributed by atoms with van der Waals surface area (Å²) in [6.07, 6.45) is 7.95. The largest absolute Gasteiger partial charge is 0.464 e. The molecule has 0 saturated carbocycles. The van der Waals surface area contributed by atoms with Crippen LogP contribution in [0.3, 0.4) is 0 Å². The van der Waals surface area contributed by atoms with E-state index in [4.69, 9.17) is 39.4 Å². The van der Waals surface area contributed by atoms with Gasteiger partial charge in [0.15, 0.2) is 12.0 Å². The number of rotatable bonds is 14. The number of benzene rings is 8. The lowest BCUT2D eigenvalue weighted by molar-refractivity contribution is 0.101. The van der Waals surface area contributed by atoms with Crippen LogP contribution in [0, 0.1) is 0 Å². The molecule has 114 heavy (non-hydrogen) atoms. The van der Waals surface area contributed by atoms with Crippen molar-refractivity contribution >= 4 is 169 Å². The molecule has 0 unspecified atom stereocenters. The number of aromatic nitrogens is 4. The van der Waals surface area contributed by atoms with Gasteiger partial charge in [0.1, 0.15) is 38.0 Å². The normalized spacial score (nSPS) is 16.2. The number of nitrogens with zero attached hydrogens (tertiary/aromatic N) is 8. The van der Waals surface area contributed by atoms with Crippen molar-refractivity contribution in [1.82, 2.24) is 19.9 Å². The Labute approximate surface area is 658 Å². The lowest BCUT2D eigenvalue weighted by atomic mass is 10.1. The van der Waals surface area contributed by atoms with Gasteiger partial charge in [0, 0.05) is 91.9 Å².